The molecule has 0 bridgehead atoms. The summed E-state index contributed by atoms with van der Waals surface area (Å²) < 4.78 is 0. The van der Waals surface area contributed by atoms with Crippen LogP contribution in [0.3, 0.4) is 0 Å². The van der Waals surface area contributed by atoms with Crippen LogP contribution in [-0.2, 0) is 45.5 Å². The van der Waals surface area contributed by atoms with Crippen LogP contribution in [0.2, 0.25) is 0 Å². The predicted octanol–water partition coefficient (Wildman–Crippen LogP) is -13.3. The Morgan fingerprint density at radius 2 is 0.609 bits per heavy atom. The van der Waals surface area contributed by atoms with Crippen LogP contribution < -0.4 is 71.8 Å². The van der Waals surface area contributed by atoms with Crippen LogP contribution in [0.4, 0.5) is 0 Å². The molecule has 0 fully saturated rings. The van der Waals surface area contributed by atoms with Crippen molar-refractivity contribution >= 4 is 35.8 Å². The maximum Gasteiger partial charge on any atom is 3.00 e. The van der Waals surface area contributed by atoms with Crippen molar-refractivity contribution in [2.24, 2.45) is 0 Å². The second-order valence-corrected chi connectivity index (χ2v) is 1.76. The summed E-state index contributed by atoms with van der Waals surface area (Å²) in [6.07, 6.45) is 0. The number of carbonyl (C=O) groups excluding carboxylic acids is 4. The molecule has 0 amide bonds. The molecule has 0 aromatic heterocycles. The first kappa shape index (κ1) is 49.5. The van der Waals surface area contributed by atoms with E-state index >= 15 is 0 Å². The molecule has 0 heterocycles. The first-order valence-electron chi connectivity index (χ1n) is 3.24. The van der Waals surface area contributed by atoms with Gasteiger partial charge in [-0.3, -0.25) is 0 Å². The molecule has 132 valence electrons. The number of hydrogen-bond donors (Lipinski definition) is 2. The third kappa shape index (κ3) is 62.9. The molecular formula is C6H8CoKO15. The summed E-state index contributed by atoms with van der Waals surface area (Å²) in [7, 11) is 0. The van der Waals surface area contributed by atoms with Crippen LogP contribution in [0.1, 0.15) is 0 Å². The van der Waals surface area contributed by atoms with E-state index < -0.39 is 35.8 Å². The quantitative estimate of drug-likeness (QED) is 0.273. The van der Waals surface area contributed by atoms with Crippen molar-refractivity contribution < 1.29 is 144 Å². The van der Waals surface area contributed by atoms with Crippen LogP contribution in [0.25, 0.3) is 0 Å². The van der Waals surface area contributed by atoms with Crippen molar-refractivity contribution in [1.29, 1.82) is 0 Å². The van der Waals surface area contributed by atoms with Gasteiger partial charge in [0.1, 0.15) is 0 Å². The van der Waals surface area contributed by atoms with Crippen molar-refractivity contribution in [3.8, 4) is 0 Å². The Labute approximate surface area is 178 Å². The van der Waals surface area contributed by atoms with E-state index in [0.717, 1.165) is 0 Å². The van der Waals surface area contributed by atoms with Crippen LogP contribution in [-0.4, -0.2) is 62.5 Å². The second-order valence-electron chi connectivity index (χ2n) is 1.76. The van der Waals surface area contributed by atoms with Gasteiger partial charge in [-0.25, -0.2) is 9.59 Å². The van der Waals surface area contributed by atoms with Gasteiger partial charge in [0.2, 0.25) is 0 Å². The fourth-order valence-corrected chi connectivity index (χ4v) is 0. The molecule has 0 spiro atoms. The van der Waals surface area contributed by atoms with Gasteiger partial charge in [0, 0.05) is 0 Å². The minimum atomic E-state index is -2.19. The topological polar surface area (TPSA) is 330 Å². The molecule has 17 heteroatoms. The van der Waals surface area contributed by atoms with E-state index in [0.29, 0.717) is 0 Å². The average Bonchev–Trinajstić information content (AvgIpc) is 2.18. The zero-order valence-electron chi connectivity index (χ0n) is 10.8. The average molecular weight is 418 g/mol. The Kier molecular flexibility index (Phi) is 62.3. The molecule has 0 unspecified atom stereocenters. The van der Waals surface area contributed by atoms with Crippen molar-refractivity contribution in [3.05, 3.63) is 0 Å². The minimum Gasteiger partial charge on any atom is -0.543 e. The molecule has 15 nitrogen and oxygen atoms in total. The van der Waals surface area contributed by atoms with E-state index in [1.54, 1.807) is 0 Å². The van der Waals surface area contributed by atoms with E-state index in [2.05, 4.69) is 0 Å². The number of hydrogen-bond acceptors (Lipinski definition) is 10. The van der Waals surface area contributed by atoms with Crippen LogP contribution in [0.5, 0.6) is 0 Å². The largest absolute Gasteiger partial charge is 3.00 e. The van der Waals surface area contributed by atoms with E-state index in [9.17, 15) is 0 Å². The number of carboxylic acids is 6. The third-order valence-electron chi connectivity index (χ3n) is 0.516. The van der Waals surface area contributed by atoms with Crippen LogP contribution in [0, 0.1) is 0 Å². The van der Waals surface area contributed by atoms with Gasteiger partial charge in [-0.1, -0.05) is 0 Å². The van der Waals surface area contributed by atoms with Crippen molar-refractivity contribution in [2.45, 2.75) is 0 Å². The zero-order valence-corrected chi connectivity index (χ0v) is 15.0. The molecule has 0 radical (unpaired) electrons. The van der Waals surface area contributed by atoms with Gasteiger partial charge in [-0.05, 0) is 0 Å². The number of aliphatic carboxylic acids is 6. The number of carbonyl (C=O) groups is 6. The van der Waals surface area contributed by atoms with Gasteiger partial charge in [-0.2, -0.15) is 0 Å². The Hall–Kier alpha value is -1.16. The molecule has 0 aromatic carbocycles. The fraction of sp³-hybridized carbons (Fsp3) is 0. The molecule has 8 N–H and O–H groups in total. The van der Waals surface area contributed by atoms with Gasteiger partial charge in [0.25, 0.3) is 0 Å². The smallest absolute Gasteiger partial charge is 0.543 e. The summed E-state index contributed by atoms with van der Waals surface area (Å²) in [5, 5.41) is 50.5. The molecule has 0 aliphatic rings. The van der Waals surface area contributed by atoms with E-state index in [1.807, 2.05) is 0 Å². The maximum atomic E-state index is 9.10. The molecular weight excluding hydrogens is 410 g/mol. The number of carboxylic acid groups (broad SMARTS) is 6. The SMILES string of the molecule is O.O.O.O=C(O)C(=O)O.O=C([O-])C(=O)[O-].O=C([O-])C(=O)[O-].[Co+3].[K+]. The number of rotatable bonds is 0. The molecule has 0 saturated heterocycles. The molecule has 0 atom stereocenters. The first-order valence-corrected chi connectivity index (χ1v) is 3.24. The maximum absolute atomic E-state index is 9.10. The van der Waals surface area contributed by atoms with Crippen molar-refractivity contribution in [2.75, 3.05) is 0 Å². The zero-order chi connectivity index (χ0) is 15.5. The van der Waals surface area contributed by atoms with Crippen LogP contribution >= 0.6 is 0 Å². The Morgan fingerprint density at radius 3 is 0.609 bits per heavy atom. The standard InChI is InChI=1S/3C2H2O4.Co.K.3H2O/c3*3-1(4)2(5)6;;;;;/h3*(H,3,4)(H,5,6);;;3*1H2/q;;;+3;+1;;;/p-4. The molecule has 0 aromatic rings. The normalized spacial score (nSPS) is 5.74. The summed E-state index contributed by atoms with van der Waals surface area (Å²) in [6, 6.07) is 0. The molecule has 0 rings (SSSR count). The monoisotopic (exact) mass is 418 g/mol. The Morgan fingerprint density at radius 1 is 0.522 bits per heavy atom. The molecule has 23 heavy (non-hydrogen) atoms. The first-order chi connectivity index (χ1) is 7.93. The third-order valence-corrected chi connectivity index (χ3v) is 0.516. The van der Waals surface area contributed by atoms with E-state index in [-0.39, 0.29) is 84.6 Å². The van der Waals surface area contributed by atoms with Gasteiger partial charge in [0.05, 0.1) is 23.9 Å². The fourth-order valence-electron chi connectivity index (χ4n) is 0. The predicted molar refractivity (Wildman–Crippen MR) is 46.1 cm³/mol. The summed E-state index contributed by atoms with van der Waals surface area (Å²) in [5.74, 6) is -12.4. The van der Waals surface area contributed by atoms with Gasteiger partial charge in [-0.15, -0.1) is 0 Å². The van der Waals surface area contributed by atoms with Gasteiger partial charge in [0.15, 0.2) is 0 Å². The molecule has 0 aliphatic heterocycles. The van der Waals surface area contributed by atoms with Gasteiger partial charge < -0.3 is 66.2 Å². The Bertz CT molecular complexity index is 285. The van der Waals surface area contributed by atoms with Crippen LogP contribution in [0.15, 0.2) is 0 Å². The molecule has 0 saturated carbocycles. The second kappa shape index (κ2) is 28.9. The Balaban J connectivity index is -0.0000000221. The van der Waals surface area contributed by atoms with E-state index in [4.69, 9.17) is 59.4 Å². The summed E-state index contributed by atoms with van der Waals surface area (Å²) >= 11 is 0. The van der Waals surface area contributed by atoms with Gasteiger partial charge >= 0.3 is 80.1 Å². The van der Waals surface area contributed by atoms with E-state index in [1.165, 1.54) is 0 Å². The molecule has 0 aliphatic carbocycles. The van der Waals surface area contributed by atoms with Crippen molar-refractivity contribution in [3.63, 3.8) is 0 Å². The minimum absolute atomic E-state index is 0. The van der Waals surface area contributed by atoms with Crippen molar-refractivity contribution in [1.82, 2.24) is 0 Å². The summed E-state index contributed by atoms with van der Waals surface area (Å²) in [5.41, 5.74) is 0. The summed E-state index contributed by atoms with van der Waals surface area (Å²) in [4.78, 5) is 53.9. The summed E-state index contributed by atoms with van der Waals surface area (Å²) in [6.45, 7) is 0.